The van der Waals surface area contributed by atoms with Gasteiger partial charge in [-0.2, -0.15) is 0 Å². The van der Waals surface area contributed by atoms with E-state index in [0.29, 0.717) is 17.8 Å². The molecule has 0 aromatic rings. The van der Waals surface area contributed by atoms with Gasteiger partial charge in [0.25, 0.3) is 0 Å². The lowest BCUT2D eigenvalue weighted by molar-refractivity contribution is -0.165. The van der Waals surface area contributed by atoms with E-state index in [0.717, 1.165) is 25.7 Å². The minimum Gasteiger partial charge on any atom is -0.462 e. The average molecular weight is 457 g/mol. The predicted molar refractivity (Wildman–Crippen MR) is 132 cm³/mol. The Labute approximate surface area is 202 Å². The van der Waals surface area contributed by atoms with Crippen LogP contribution in [0.15, 0.2) is 11.1 Å². The highest BCUT2D eigenvalue weighted by Crippen LogP contribution is 2.72. The Morgan fingerprint density at radius 1 is 0.909 bits per heavy atom. The van der Waals surface area contributed by atoms with E-state index in [1.54, 1.807) is 11.1 Å². The highest BCUT2D eigenvalue weighted by Gasteiger charge is 2.63. The number of hydrogen-bond acceptors (Lipinski definition) is 3. The Morgan fingerprint density at radius 3 is 2.33 bits per heavy atom. The average Bonchev–Trinajstić information content (AvgIpc) is 3.04. The summed E-state index contributed by atoms with van der Waals surface area (Å²) < 4.78 is 5.98. The van der Waals surface area contributed by atoms with E-state index >= 15 is 0 Å². The van der Waals surface area contributed by atoms with Crippen molar-refractivity contribution >= 4 is 5.97 Å². The topological polar surface area (TPSA) is 46.5 Å². The third-order valence-corrected chi connectivity index (χ3v) is 12.6. The van der Waals surface area contributed by atoms with Crippen LogP contribution in [0, 0.1) is 45.3 Å². The normalized spacial score (nSPS) is 50.2. The molecule has 1 N–H and O–H groups in total. The molecular weight excluding hydrogens is 408 g/mol. The first-order chi connectivity index (χ1) is 15.4. The van der Waals surface area contributed by atoms with Crippen LogP contribution < -0.4 is 0 Å². The summed E-state index contributed by atoms with van der Waals surface area (Å²) in [6.45, 7) is 16.7. The standard InChI is InChI=1S/C30H48O3/c1-18-8-10-23(33-26(18)32)19(2)20-12-16-30(7)22-9-11-24-27(3,4)25(31)14-15-28(24,5)21(22)13-17-29(20,30)6/h18-20,23-25,31H,8-17H2,1-7H3/t18-,19-,20+,23-,24-,25+,28+,29+,30-/m0/s1. The molecule has 0 aromatic carbocycles. The van der Waals surface area contributed by atoms with Crippen molar-refractivity contribution < 1.29 is 14.6 Å². The molecule has 5 aliphatic rings. The summed E-state index contributed by atoms with van der Waals surface area (Å²) >= 11 is 0. The van der Waals surface area contributed by atoms with Crippen LogP contribution in [0.2, 0.25) is 0 Å². The van der Waals surface area contributed by atoms with Gasteiger partial charge in [-0.15, -0.1) is 0 Å². The van der Waals surface area contributed by atoms with Crippen LogP contribution >= 0.6 is 0 Å². The van der Waals surface area contributed by atoms with Gasteiger partial charge in [0, 0.05) is 0 Å². The Hall–Kier alpha value is -0.830. The number of rotatable bonds is 2. The highest BCUT2D eigenvalue weighted by atomic mass is 16.5. The summed E-state index contributed by atoms with van der Waals surface area (Å²) in [5, 5.41) is 10.8. The fourth-order valence-corrected chi connectivity index (χ4v) is 10.0. The molecule has 0 bridgehead atoms. The number of carbonyl (C=O) groups excluding carboxylic acids is 1. The van der Waals surface area contributed by atoms with Gasteiger partial charge in [-0.25, -0.2) is 0 Å². The fourth-order valence-electron chi connectivity index (χ4n) is 10.0. The molecule has 33 heavy (non-hydrogen) atoms. The molecule has 9 atom stereocenters. The predicted octanol–water partition coefficient (Wildman–Crippen LogP) is 7.07. The number of aliphatic hydroxyl groups is 1. The molecule has 3 fully saturated rings. The van der Waals surface area contributed by atoms with E-state index in [2.05, 4.69) is 41.5 Å². The summed E-state index contributed by atoms with van der Waals surface area (Å²) in [6.07, 6.45) is 11.5. The molecule has 1 heterocycles. The van der Waals surface area contributed by atoms with Crippen LogP contribution in [0.1, 0.15) is 113 Å². The minimum atomic E-state index is -0.167. The van der Waals surface area contributed by atoms with Gasteiger partial charge in [0.1, 0.15) is 6.10 Å². The molecule has 0 amide bonds. The maximum atomic E-state index is 12.3. The molecule has 0 aromatic heterocycles. The van der Waals surface area contributed by atoms with Gasteiger partial charge in [0.15, 0.2) is 0 Å². The number of ether oxygens (including phenoxy) is 1. The summed E-state index contributed by atoms with van der Waals surface area (Å²) in [4.78, 5) is 12.3. The van der Waals surface area contributed by atoms with Crippen molar-refractivity contribution in [2.75, 3.05) is 0 Å². The van der Waals surface area contributed by atoms with Crippen molar-refractivity contribution in [3.8, 4) is 0 Å². The molecular formula is C30H48O3. The van der Waals surface area contributed by atoms with Gasteiger partial charge < -0.3 is 9.84 Å². The third kappa shape index (κ3) is 3.12. The Kier molecular flexibility index (Phi) is 5.49. The lowest BCUT2D eigenvalue weighted by Gasteiger charge is -2.62. The molecule has 0 unspecified atom stereocenters. The van der Waals surface area contributed by atoms with E-state index in [9.17, 15) is 9.90 Å². The largest absolute Gasteiger partial charge is 0.462 e. The molecule has 186 valence electrons. The van der Waals surface area contributed by atoms with Gasteiger partial charge in [-0.1, -0.05) is 59.6 Å². The molecule has 5 rings (SSSR count). The Morgan fingerprint density at radius 2 is 1.64 bits per heavy atom. The van der Waals surface area contributed by atoms with Crippen LogP contribution in [0.4, 0.5) is 0 Å². The van der Waals surface area contributed by atoms with Crippen LogP contribution in [-0.2, 0) is 9.53 Å². The monoisotopic (exact) mass is 456 g/mol. The number of esters is 1. The van der Waals surface area contributed by atoms with Crippen molar-refractivity contribution in [2.24, 2.45) is 45.3 Å². The van der Waals surface area contributed by atoms with Crippen LogP contribution in [-0.4, -0.2) is 23.3 Å². The van der Waals surface area contributed by atoms with Gasteiger partial charge in [-0.3, -0.25) is 4.79 Å². The zero-order valence-corrected chi connectivity index (χ0v) is 22.3. The maximum Gasteiger partial charge on any atom is 0.308 e. The molecule has 2 saturated carbocycles. The quantitative estimate of drug-likeness (QED) is 0.357. The summed E-state index contributed by atoms with van der Waals surface area (Å²) in [6, 6.07) is 0. The molecule has 1 saturated heterocycles. The van der Waals surface area contributed by atoms with Gasteiger partial charge in [0.05, 0.1) is 12.0 Å². The molecule has 3 heteroatoms. The first-order valence-electron chi connectivity index (χ1n) is 14.0. The molecule has 1 aliphatic heterocycles. The second-order valence-corrected chi connectivity index (χ2v) is 14.0. The van der Waals surface area contributed by atoms with E-state index in [1.165, 1.54) is 38.5 Å². The van der Waals surface area contributed by atoms with Crippen molar-refractivity contribution in [3.63, 3.8) is 0 Å². The number of cyclic esters (lactones) is 1. The second kappa shape index (κ2) is 7.58. The third-order valence-electron chi connectivity index (χ3n) is 12.6. The highest BCUT2D eigenvalue weighted by molar-refractivity contribution is 5.72. The van der Waals surface area contributed by atoms with E-state index < -0.39 is 0 Å². The molecule has 4 aliphatic carbocycles. The fraction of sp³-hybridized carbons (Fsp3) is 0.900. The second-order valence-electron chi connectivity index (χ2n) is 14.0. The lowest BCUT2D eigenvalue weighted by atomic mass is 9.43. The van der Waals surface area contributed by atoms with E-state index in [4.69, 9.17) is 4.74 Å². The summed E-state index contributed by atoms with van der Waals surface area (Å²) in [7, 11) is 0. The number of carbonyl (C=O) groups is 1. The first kappa shape index (κ1) is 23.9. The summed E-state index contributed by atoms with van der Waals surface area (Å²) in [5.74, 6) is 1.73. The van der Waals surface area contributed by atoms with Gasteiger partial charge in [0.2, 0.25) is 0 Å². The number of allylic oxidation sites excluding steroid dienone is 2. The van der Waals surface area contributed by atoms with Crippen molar-refractivity contribution in [2.45, 2.75) is 125 Å². The van der Waals surface area contributed by atoms with E-state index in [1.807, 2.05) is 6.92 Å². The zero-order valence-electron chi connectivity index (χ0n) is 22.3. The first-order valence-corrected chi connectivity index (χ1v) is 14.0. The van der Waals surface area contributed by atoms with Crippen LogP contribution in [0.25, 0.3) is 0 Å². The van der Waals surface area contributed by atoms with Crippen molar-refractivity contribution in [1.29, 1.82) is 0 Å². The molecule has 0 spiro atoms. The SMILES string of the molecule is C[C@H]([C@@H]1CC[C@H](C)C(=O)O1)[C@H]1CC[C@@]2(C)C3=C(CC[C@]12C)[C@@]1(C)CC[C@@H](O)C(C)(C)[C@@H]1CC3. The van der Waals surface area contributed by atoms with Crippen molar-refractivity contribution in [3.05, 3.63) is 11.1 Å². The Bertz CT molecular complexity index is 857. The van der Waals surface area contributed by atoms with Crippen LogP contribution in [0.3, 0.4) is 0 Å². The molecule has 0 radical (unpaired) electrons. The number of fused-ring (bicyclic) bond motifs is 4. The van der Waals surface area contributed by atoms with Crippen molar-refractivity contribution in [1.82, 2.24) is 0 Å². The van der Waals surface area contributed by atoms with E-state index in [-0.39, 0.29) is 45.8 Å². The minimum absolute atomic E-state index is 0.00189. The summed E-state index contributed by atoms with van der Waals surface area (Å²) in [5.41, 5.74) is 4.38. The Balaban J connectivity index is 1.46. The number of hydrogen-bond donors (Lipinski definition) is 1. The zero-order chi connectivity index (χ0) is 24.0. The maximum absolute atomic E-state index is 12.3. The van der Waals surface area contributed by atoms with Crippen LogP contribution in [0.5, 0.6) is 0 Å². The smallest absolute Gasteiger partial charge is 0.308 e. The van der Waals surface area contributed by atoms with Gasteiger partial charge >= 0.3 is 5.97 Å². The molecule has 3 nitrogen and oxygen atoms in total. The number of aliphatic hydroxyl groups excluding tert-OH is 1. The van der Waals surface area contributed by atoms with Gasteiger partial charge in [-0.05, 0) is 104 Å². The lowest BCUT2D eigenvalue weighted by Crippen LogP contribution is -2.55.